The molecule has 1 aliphatic carbocycles. The number of non-ortho nitro benzene ring substituents is 1. The van der Waals surface area contributed by atoms with E-state index in [1.807, 2.05) is 0 Å². The fourth-order valence-corrected chi connectivity index (χ4v) is 6.13. The number of likely N-dealkylation sites (tertiary alicyclic amines) is 1. The molecule has 3 fully saturated rings. The van der Waals surface area contributed by atoms with Crippen LogP contribution in [0.25, 0.3) is 0 Å². The zero-order valence-electron chi connectivity index (χ0n) is 17.1. The Kier molecular flexibility index (Phi) is 5.46. The molecular formula is C21H30N4O4. The number of piperidine rings is 2. The first kappa shape index (κ1) is 20.1. The van der Waals surface area contributed by atoms with E-state index in [2.05, 4.69) is 16.7 Å². The van der Waals surface area contributed by atoms with Gasteiger partial charge in [-0.05, 0) is 49.1 Å². The summed E-state index contributed by atoms with van der Waals surface area (Å²) in [6, 6.07) is 4.08. The van der Waals surface area contributed by atoms with Crippen molar-refractivity contribution in [2.24, 2.45) is 17.3 Å². The average Bonchev–Trinajstić information content (AvgIpc) is 3.16. The molecule has 29 heavy (non-hydrogen) atoms. The van der Waals surface area contributed by atoms with Gasteiger partial charge in [-0.15, -0.1) is 0 Å². The molecule has 4 rings (SSSR count). The van der Waals surface area contributed by atoms with Gasteiger partial charge in [-0.1, -0.05) is 26.2 Å². The summed E-state index contributed by atoms with van der Waals surface area (Å²) in [7, 11) is 0. The van der Waals surface area contributed by atoms with E-state index in [9.17, 15) is 20.2 Å². The molecule has 2 bridgehead atoms. The molecule has 1 aromatic carbocycles. The number of hydrogen-bond donors (Lipinski definition) is 0. The van der Waals surface area contributed by atoms with E-state index in [0.29, 0.717) is 22.9 Å². The molecule has 0 amide bonds. The van der Waals surface area contributed by atoms with Gasteiger partial charge in [0.2, 0.25) is 0 Å². The van der Waals surface area contributed by atoms with Crippen LogP contribution < -0.4 is 4.90 Å². The molecule has 8 nitrogen and oxygen atoms in total. The Labute approximate surface area is 171 Å². The van der Waals surface area contributed by atoms with Crippen LogP contribution in [0.2, 0.25) is 0 Å². The third kappa shape index (κ3) is 3.58. The molecule has 2 saturated heterocycles. The summed E-state index contributed by atoms with van der Waals surface area (Å²) in [4.78, 5) is 26.4. The summed E-state index contributed by atoms with van der Waals surface area (Å²) >= 11 is 0. The molecule has 0 radical (unpaired) electrons. The summed E-state index contributed by atoms with van der Waals surface area (Å²) in [5.74, 6) is 1.01. The molecule has 2 atom stereocenters. The lowest BCUT2D eigenvalue weighted by molar-refractivity contribution is -0.393. The topological polar surface area (TPSA) is 92.8 Å². The molecular weight excluding hydrogens is 372 g/mol. The average molecular weight is 402 g/mol. The Morgan fingerprint density at radius 3 is 2.24 bits per heavy atom. The highest BCUT2D eigenvalue weighted by Crippen LogP contribution is 2.56. The van der Waals surface area contributed by atoms with Crippen molar-refractivity contribution in [2.45, 2.75) is 45.4 Å². The van der Waals surface area contributed by atoms with Crippen molar-refractivity contribution in [3.05, 3.63) is 38.4 Å². The van der Waals surface area contributed by atoms with Crippen molar-refractivity contribution in [2.75, 3.05) is 37.6 Å². The molecule has 1 saturated carbocycles. The van der Waals surface area contributed by atoms with Gasteiger partial charge in [0.1, 0.15) is 5.69 Å². The lowest BCUT2D eigenvalue weighted by atomic mass is 9.60. The number of nitrogens with zero attached hydrogens (tertiary/aromatic N) is 4. The van der Waals surface area contributed by atoms with Crippen LogP contribution in [0, 0.1) is 37.5 Å². The maximum Gasteiger partial charge on any atom is 0.299 e. The zero-order chi connectivity index (χ0) is 20.6. The van der Waals surface area contributed by atoms with Crippen molar-refractivity contribution in [3.63, 3.8) is 0 Å². The molecule has 1 spiro atoms. The number of hydrogen-bond acceptors (Lipinski definition) is 6. The highest BCUT2D eigenvalue weighted by molar-refractivity contribution is 5.67. The Morgan fingerprint density at radius 2 is 1.69 bits per heavy atom. The van der Waals surface area contributed by atoms with Gasteiger partial charge in [0, 0.05) is 32.2 Å². The van der Waals surface area contributed by atoms with E-state index in [1.165, 1.54) is 44.6 Å². The molecule has 158 valence electrons. The summed E-state index contributed by atoms with van der Waals surface area (Å²) in [5, 5.41) is 22.7. The first-order valence-corrected chi connectivity index (χ1v) is 10.8. The monoisotopic (exact) mass is 402 g/mol. The molecule has 0 unspecified atom stereocenters. The minimum atomic E-state index is -0.569. The predicted molar refractivity (Wildman–Crippen MR) is 111 cm³/mol. The van der Waals surface area contributed by atoms with E-state index in [1.54, 1.807) is 6.07 Å². The van der Waals surface area contributed by atoms with E-state index in [0.717, 1.165) is 38.8 Å². The van der Waals surface area contributed by atoms with Crippen LogP contribution in [0.1, 0.15) is 45.4 Å². The number of anilines is 1. The second-order valence-corrected chi connectivity index (χ2v) is 9.04. The SMILES string of the molecule is CCCCN1C[C@@H]2CN(c3ccc([N+](=O)[O-])cc3[N+](=O)[O-])C[C@H](C1)C21CCCC1. The third-order valence-corrected chi connectivity index (χ3v) is 7.53. The van der Waals surface area contributed by atoms with Crippen molar-refractivity contribution in [1.82, 2.24) is 4.90 Å². The largest absolute Gasteiger partial charge is 0.365 e. The molecule has 2 heterocycles. The van der Waals surface area contributed by atoms with Crippen LogP contribution >= 0.6 is 0 Å². The number of unbranched alkanes of at least 4 members (excludes halogenated alkanes) is 1. The summed E-state index contributed by atoms with van der Waals surface area (Å²) in [5.41, 5.74) is 0.540. The standard InChI is InChI=1S/C21H30N4O4/c1-2-3-10-22-12-16-14-23(15-17(13-22)21(16)8-4-5-9-21)19-7-6-18(24(26)27)11-20(19)25(28)29/h6-7,11,16-17H,2-5,8-10,12-15H2,1H3/t16-,17+. The second-order valence-electron chi connectivity index (χ2n) is 9.04. The van der Waals surface area contributed by atoms with Crippen molar-refractivity contribution in [1.29, 1.82) is 0 Å². The first-order chi connectivity index (χ1) is 13.9. The fourth-order valence-electron chi connectivity index (χ4n) is 6.13. The van der Waals surface area contributed by atoms with E-state index in [4.69, 9.17) is 0 Å². The molecule has 8 heteroatoms. The van der Waals surface area contributed by atoms with Gasteiger partial charge in [-0.25, -0.2) is 0 Å². The normalized spacial score (nSPS) is 26.0. The summed E-state index contributed by atoms with van der Waals surface area (Å²) < 4.78 is 0. The van der Waals surface area contributed by atoms with Crippen LogP contribution in [0.5, 0.6) is 0 Å². The van der Waals surface area contributed by atoms with Crippen LogP contribution in [-0.4, -0.2) is 47.5 Å². The fraction of sp³-hybridized carbons (Fsp3) is 0.714. The smallest absolute Gasteiger partial charge is 0.299 e. The Balaban J connectivity index is 1.62. The molecule has 2 aliphatic heterocycles. The molecule has 0 N–H and O–H groups in total. The quantitative estimate of drug-likeness (QED) is 0.522. The van der Waals surface area contributed by atoms with E-state index < -0.39 is 9.85 Å². The van der Waals surface area contributed by atoms with Gasteiger partial charge in [0.25, 0.3) is 11.4 Å². The number of rotatable bonds is 6. The maximum absolute atomic E-state index is 11.7. The van der Waals surface area contributed by atoms with Crippen LogP contribution in [-0.2, 0) is 0 Å². The first-order valence-electron chi connectivity index (χ1n) is 10.8. The minimum absolute atomic E-state index is 0.150. The maximum atomic E-state index is 11.7. The van der Waals surface area contributed by atoms with Crippen molar-refractivity contribution < 1.29 is 9.85 Å². The predicted octanol–water partition coefficient (Wildman–Crippen LogP) is 4.23. The van der Waals surface area contributed by atoms with Gasteiger partial charge >= 0.3 is 0 Å². The van der Waals surface area contributed by atoms with Crippen LogP contribution in [0.15, 0.2) is 18.2 Å². The van der Waals surface area contributed by atoms with Crippen LogP contribution in [0.4, 0.5) is 17.1 Å². The third-order valence-electron chi connectivity index (χ3n) is 7.53. The highest BCUT2D eigenvalue weighted by atomic mass is 16.6. The lowest BCUT2D eigenvalue weighted by Crippen LogP contribution is -2.62. The molecule has 0 aromatic heterocycles. The van der Waals surface area contributed by atoms with E-state index in [-0.39, 0.29) is 11.4 Å². The Morgan fingerprint density at radius 1 is 1.03 bits per heavy atom. The lowest BCUT2D eigenvalue weighted by Gasteiger charge is -2.58. The van der Waals surface area contributed by atoms with E-state index >= 15 is 0 Å². The number of benzene rings is 1. The van der Waals surface area contributed by atoms with Gasteiger partial charge in [-0.3, -0.25) is 20.2 Å². The summed E-state index contributed by atoms with van der Waals surface area (Å²) in [6.07, 6.45) is 7.54. The van der Waals surface area contributed by atoms with Crippen molar-refractivity contribution >= 4 is 17.1 Å². The molecule has 1 aromatic rings. The molecule has 3 aliphatic rings. The van der Waals surface area contributed by atoms with Gasteiger partial charge in [-0.2, -0.15) is 0 Å². The minimum Gasteiger partial charge on any atom is -0.365 e. The van der Waals surface area contributed by atoms with Gasteiger partial charge < -0.3 is 9.80 Å². The van der Waals surface area contributed by atoms with Gasteiger partial charge in [0.15, 0.2) is 0 Å². The highest BCUT2D eigenvalue weighted by Gasteiger charge is 2.54. The second kappa shape index (κ2) is 7.89. The van der Waals surface area contributed by atoms with Gasteiger partial charge in [0.05, 0.1) is 15.9 Å². The Hall–Kier alpha value is -2.22. The Bertz CT molecular complexity index is 775. The van der Waals surface area contributed by atoms with Crippen LogP contribution in [0.3, 0.4) is 0 Å². The number of nitro groups is 2. The number of nitro benzene ring substituents is 2. The zero-order valence-corrected chi connectivity index (χ0v) is 17.1. The summed E-state index contributed by atoms with van der Waals surface area (Å²) in [6.45, 7) is 7.09. The van der Waals surface area contributed by atoms with Crippen molar-refractivity contribution in [3.8, 4) is 0 Å².